The number of benzene rings is 2. The van der Waals surface area contributed by atoms with Crippen LogP contribution >= 0.6 is 11.9 Å². The number of urea groups is 1. The predicted octanol–water partition coefficient (Wildman–Crippen LogP) is 4.33. The molecule has 0 aliphatic rings. The van der Waals surface area contributed by atoms with E-state index in [9.17, 15) is 4.79 Å². The molecule has 0 spiro atoms. The van der Waals surface area contributed by atoms with Gasteiger partial charge < -0.3 is 4.90 Å². The first-order chi connectivity index (χ1) is 10.1. The van der Waals surface area contributed by atoms with Crippen molar-refractivity contribution in [3.8, 4) is 0 Å². The smallest absolute Gasteiger partial charge is 0.322 e. The number of hydrogen-bond donors (Lipinski definition) is 0. The molecule has 0 fully saturated rings. The molecule has 0 saturated heterocycles. The molecule has 21 heavy (non-hydrogen) atoms. The fourth-order valence-electron chi connectivity index (χ4n) is 2.05. The maximum atomic E-state index is 12.6. The summed E-state index contributed by atoms with van der Waals surface area (Å²) in [6.45, 7) is 2.64. The minimum absolute atomic E-state index is 0.0183. The molecule has 0 atom stereocenters. The van der Waals surface area contributed by atoms with Crippen molar-refractivity contribution >= 4 is 23.7 Å². The highest BCUT2D eigenvalue weighted by atomic mass is 32.2. The van der Waals surface area contributed by atoms with Gasteiger partial charge in [0.15, 0.2) is 0 Å². The number of amides is 2. The Morgan fingerprint density at radius 3 is 2.24 bits per heavy atom. The van der Waals surface area contributed by atoms with Gasteiger partial charge in [0, 0.05) is 19.8 Å². The molecule has 0 unspecified atom stereocenters. The van der Waals surface area contributed by atoms with E-state index in [0.717, 1.165) is 11.3 Å². The van der Waals surface area contributed by atoms with Crippen LogP contribution in [0.2, 0.25) is 0 Å². The van der Waals surface area contributed by atoms with Crippen LogP contribution in [0.1, 0.15) is 11.1 Å². The zero-order valence-corrected chi connectivity index (χ0v) is 13.4. The molecule has 4 heteroatoms. The van der Waals surface area contributed by atoms with Crippen LogP contribution in [0, 0.1) is 6.92 Å². The summed E-state index contributed by atoms with van der Waals surface area (Å²) in [4.78, 5) is 14.3. The summed E-state index contributed by atoms with van der Waals surface area (Å²) in [5.41, 5.74) is 3.21. The van der Waals surface area contributed by atoms with Gasteiger partial charge in [0.25, 0.3) is 0 Å². The van der Waals surface area contributed by atoms with E-state index in [0.29, 0.717) is 6.54 Å². The van der Waals surface area contributed by atoms with E-state index in [-0.39, 0.29) is 6.03 Å². The van der Waals surface area contributed by atoms with Gasteiger partial charge >= 0.3 is 6.03 Å². The van der Waals surface area contributed by atoms with Crippen molar-refractivity contribution in [3.63, 3.8) is 0 Å². The molecule has 0 aromatic heterocycles. The highest BCUT2D eigenvalue weighted by Gasteiger charge is 2.19. The molecule has 3 nitrogen and oxygen atoms in total. The van der Waals surface area contributed by atoms with Gasteiger partial charge in [0.05, 0.1) is 5.69 Å². The Hall–Kier alpha value is -1.94. The summed E-state index contributed by atoms with van der Waals surface area (Å²) in [5.74, 6) is 0. The zero-order chi connectivity index (χ0) is 15.2. The zero-order valence-electron chi connectivity index (χ0n) is 12.6. The minimum Gasteiger partial charge on any atom is -0.322 e. The monoisotopic (exact) mass is 300 g/mol. The molecule has 0 aliphatic carbocycles. The number of anilines is 1. The first kappa shape index (κ1) is 15.4. The van der Waals surface area contributed by atoms with Crippen LogP contribution in [0.4, 0.5) is 10.5 Å². The number of carbonyl (C=O) groups excluding carboxylic acids is 1. The molecule has 0 saturated carbocycles. The SMILES string of the molecule is CSN(C(=O)N(C)Cc1ccccc1)c1ccc(C)cc1. The second-order valence-electron chi connectivity index (χ2n) is 4.94. The lowest BCUT2D eigenvalue weighted by atomic mass is 10.2. The second-order valence-corrected chi connectivity index (χ2v) is 5.67. The summed E-state index contributed by atoms with van der Waals surface area (Å²) in [6, 6.07) is 18.0. The largest absolute Gasteiger partial charge is 0.334 e. The van der Waals surface area contributed by atoms with E-state index in [2.05, 4.69) is 0 Å². The van der Waals surface area contributed by atoms with E-state index in [1.54, 1.807) is 9.21 Å². The highest BCUT2D eigenvalue weighted by molar-refractivity contribution is 8.00. The van der Waals surface area contributed by atoms with E-state index in [1.165, 1.54) is 17.5 Å². The molecular weight excluding hydrogens is 280 g/mol. The molecule has 2 aromatic carbocycles. The number of rotatable bonds is 4. The molecular formula is C17H20N2OS. The Morgan fingerprint density at radius 2 is 1.67 bits per heavy atom. The maximum Gasteiger partial charge on any atom is 0.334 e. The van der Waals surface area contributed by atoms with Crippen molar-refractivity contribution in [3.05, 3.63) is 65.7 Å². The third-order valence-electron chi connectivity index (χ3n) is 3.21. The third-order valence-corrected chi connectivity index (χ3v) is 3.95. The summed E-state index contributed by atoms with van der Waals surface area (Å²) in [6.07, 6.45) is 1.91. The van der Waals surface area contributed by atoms with Crippen molar-refractivity contribution in [1.29, 1.82) is 0 Å². The highest BCUT2D eigenvalue weighted by Crippen LogP contribution is 2.23. The Morgan fingerprint density at radius 1 is 1.05 bits per heavy atom. The lowest BCUT2D eigenvalue weighted by molar-refractivity contribution is 0.218. The first-order valence-electron chi connectivity index (χ1n) is 6.81. The van der Waals surface area contributed by atoms with Crippen LogP contribution in [-0.4, -0.2) is 24.2 Å². The van der Waals surface area contributed by atoms with Crippen LogP contribution in [0.25, 0.3) is 0 Å². The Labute approximate surface area is 130 Å². The van der Waals surface area contributed by atoms with E-state index in [4.69, 9.17) is 0 Å². The van der Waals surface area contributed by atoms with Gasteiger partial charge in [-0.05, 0) is 36.6 Å². The fourth-order valence-corrected chi connectivity index (χ4v) is 2.68. The minimum atomic E-state index is -0.0183. The van der Waals surface area contributed by atoms with Crippen molar-refractivity contribution in [2.24, 2.45) is 0 Å². The van der Waals surface area contributed by atoms with Crippen LogP contribution in [0.3, 0.4) is 0 Å². The van der Waals surface area contributed by atoms with Gasteiger partial charge in [0.2, 0.25) is 0 Å². The van der Waals surface area contributed by atoms with Crippen molar-refractivity contribution < 1.29 is 4.79 Å². The fraction of sp³-hybridized carbons (Fsp3) is 0.235. The average molecular weight is 300 g/mol. The molecule has 0 aliphatic heterocycles. The lowest BCUT2D eigenvalue weighted by Gasteiger charge is -2.26. The molecule has 0 N–H and O–H groups in total. The number of aryl methyl sites for hydroxylation is 1. The summed E-state index contributed by atoms with van der Waals surface area (Å²) in [5, 5.41) is 0. The van der Waals surface area contributed by atoms with Crippen LogP contribution < -0.4 is 4.31 Å². The predicted molar refractivity (Wildman–Crippen MR) is 90.5 cm³/mol. The van der Waals surface area contributed by atoms with Crippen LogP contribution in [0.5, 0.6) is 0 Å². The van der Waals surface area contributed by atoms with E-state index >= 15 is 0 Å². The summed E-state index contributed by atoms with van der Waals surface area (Å²) < 4.78 is 1.71. The number of nitrogens with zero attached hydrogens (tertiary/aromatic N) is 2. The van der Waals surface area contributed by atoms with Gasteiger partial charge in [-0.25, -0.2) is 9.10 Å². The third kappa shape index (κ3) is 4.02. The maximum absolute atomic E-state index is 12.6. The lowest BCUT2D eigenvalue weighted by Crippen LogP contribution is -2.36. The van der Waals surface area contributed by atoms with Crippen molar-refractivity contribution in [2.45, 2.75) is 13.5 Å². The molecule has 2 rings (SSSR count). The number of carbonyl (C=O) groups is 1. The Bertz CT molecular complexity index is 583. The molecule has 2 aromatic rings. The second kappa shape index (κ2) is 7.18. The Balaban J connectivity index is 2.10. The molecule has 0 heterocycles. The average Bonchev–Trinajstić information content (AvgIpc) is 2.50. The van der Waals surface area contributed by atoms with Gasteiger partial charge in [-0.3, -0.25) is 0 Å². The van der Waals surface area contributed by atoms with Crippen molar-refractivity contribution in [2.75, 3.05) is 17.6 Å². The van der Waals surface area contributed by atoms with Gasteiger partial charge in [0.1, 0.15) is 0 Å². The van der Waals surface area contributed by atoms with Gasteiger partial charge in [-0.15, -0.1) is 0 Å². The van der Waals surface area contributed by atoms with Crippen LogP contribution in [0.15, 0.2) is 54.6 Å². The van der Waals surface area contributed by atoms with Crippen molar-refractivity contribution in [1.82, 2.24) is 4.90 Å². The molecule has 0 radical (unpaired) electrons. The normalized spacial score (nSPS) is 10.2. The van der Waals surface area contributed by atoms with Gasteiger partial charge in [-0.2, -0.15) is 0 Å². The standard InChI is InChI=1S/C17H20N2OS/c1-14-9-11-16(12-10-14)19(21-3)17(20)18(2)13-15-7-5-4-6-8-15/h4-12H,13H2,1-3H3. The van der Waals surface area contributed by atoms with Crippen LogP contribution in [-0.2, 0) is 6.54 Å². The Kier molecular flexibility index (Phi) is 5.28. The first-order valence-corrected chi connectivity index (χ1v) is 8.00. The topological polar surface area (TPSA) is 23.6 Å². The van der Waals surface area contributed by atoms with Gasteiger partial charge in [-0.1, -0.05) is 48.0 Å². The van der Waals surface area contributed by atoms with E-state index in [1.807, 2.05) is 74.8 Å². The summed E-state index contributed by atoms with van der Waals surface area (Å²) in [7, 11) is 1.83. The quantitative estimate of drug-likeness (QED) is 0.785. The molecule has 110 valence electrons. The van der Waals surface area contributed by atoms with E-state index < -0.39 is 0 Å². The summed E-state index contributed by atoms with van der Waals surface area (Å²) >= 11 is 1.42. The molecule has 0 bridgehead atoms. The number of hydrogen-bond acceptors (Lipinski definition) is 2. The molecule has 2 amide bonds.